The molecule has 1 N–H and O–H groups in total. The van der Waals surface area contributed by atoms with Crippen molar-refractivity contribution in [1.82, 2.24) is 10.2 Å². The number of amides is 2. The molecule has 0 spiro atoms. The predicted molar refractivity (Wildman–Crippen MR) is 89.1 cm³/mol. The summed E-state index contributed by atoms with van der Waals surface area (Å²) in [5.41, 5.74) is 0.924. The van der Waals surface area contributed by atoms with Crippen LogP contribution in [0.25, 0.3) is 0 Å². The van der Waals surface area contributed by atoms with E-state index in [-0.39, 0.29) is 18.2 Å². The minimum atomic E-state index is -0.574. The molecule has 1 saturated heterocycles. The lowest BCUT2D eigenvalue weighted by Crippen LogP contribution is -2.61. The number of benzene rings is 1. The van der Waals surface area contributed by atoms with Gasteiger partial charge in [-0.15, -0.1) is 0 Å². The van der Waals surface area contributed by atoms with Gasteiger partial charge in [-0.3, -0.25) is 14.5 Å². The van der Waals surface area contributed by atoms with Gasteiger partial charge in [-0.1, -0.05) is 54.3 Å². The summed E-state index contributed by atoms with van der Waals surface area (Å²) in [6.07, 6.45) is 0.263. The van der Waals surface area contributed by atoms with Crippen molar-refractivity contribution in [2.24, 2.45) is 0 Å². The largest absolute Gasteiger partial charge is 0.343 e. The van der Waals surface area contributed by atoms with E-state index < -0.39 is 10.8 Å². The van der Waals surface area contributed by atoms with Gasteiger partial charge < -0.3 is 5.32 Å². The van der Waals surface area contributed by atoms with Crippen LogP contribution in [0.3, 0.4) is 0 Å². The zero-order valence-electron chi connectivity index (χ0n) is 12.3. The van der Waals surface area contributed by atoms with Crippen molar-refractivity contribution >= 4 is 40.1 Å². The molecule has 1 aliphatic heterocycles. The van der Waals surface area contributed by atoms with Crippen LogP contribution in [0.2, 0.25) is 0 Å². The van der Waals surface area contributed by atoms with Gasteiger partial charge in [-0.2, -0.15) is 0 Å². The minimum Gasteiger partial charge on any atom is -0.343 e. The average Bonchev–Trinajstić information content (AvgIpc) is 2.42. The first kappa shape index (κ1) is 16.0. The molecule has 0 saturated carbocycles. The van der Waals surface area contributed by atoms with Crippen molar-refractivity contribution in [2.45, 2.75) is 31.1 Å². The number of carbonyl (C=O) groups excluding carboxylic acids is 2. The van der Waals surface area contributed by atoms with Crippen molar-refractivity contribution in [1.29, 1.82) is 0 Å². The number of thiocarbonyl (C=S) groups is 1. The zero-order chi connectivity index (χ0) is 15.6. The van der Waals surface area contributed by atoms with E-state index in [2.05, 4.69) is 5.32 Å². The number of likely N-dealkylation sites (N-methyl/N-ethyl adjacent to an activating group) is 1. The van der Waals surface area contributed by atoms with Crippen LogP contribution in [0.5, 0.6) is 0 Å². The van der Waals surface area contributed by atoms with Gasteiger partial charge in [0.1, 0.15) is 10.4 Å². The van der Waals surface area contributed by atoms with Gasteiger partial charge in [-0.05, 0) is 19.4 Å². The van der Waals surface area contributed by atoms with E-state index in [1.807, 2.05) is 44.2 Å². The van der Waals surface area contributed by atoms with Crippen molar-refractivity contribution in [2.75, 3.05) is 7.05 Å². The molecule has 1 unspecified atom stereocenters. The molecule has 4 nitrogen and oxygen atoms in total. The minimum absolute atomic E-state index is 0.158. The van der Waals surface area contributed by atoms with Crippen LogP contribution in [-0.2, 0) is 16.0 Å². The molecule has 21 heavy (non-hydrogen) atoms. The van der Waals surface area contributed by atoms with Crippen LogP contribution < -0.4 is 5.32 Å². The molecule has 0 bridgehead atoms. The summed E-state index contributed by atoms with van der Waals surface area (Å²) in [7, 11) is 1.64. The normalized spacial score (nSPS) is 21.3. The van der Waals surface area contributed by atoms with Crippen molar-refractivity contribution in [3.8, 4) is 0 Å². The summed E-state index contributed by atoms with van der Waals surface area (Å²) in [5.74, 6) is -0.320. The lowest BCUT2D eigenvalue weighted by molar-refractivity contribution is -0.133. The molecule has 112 valence electrons. The standard InChI is InChI=1S/C15H18N2O2S2/c1-15(2)12(13(19)17(3)14(20)21-15)16-11(18)9-10-7-5-4-6-8-10/h4-8,12H,9H2,1-3H3,(H,16,18). The summed E-state index contributed by atoms with van der Waals surface area (Å²) >= 11 is 6.61. The number of nitrogens with one attached hydrogen (secondary N) is 1. The molecule has 1 aliphatic rings. The van der Waals surface area contributed by atoms with Gasteiger partial charge in [-0.25, -0.2) is 0 Å². The smallest absolute Gasteiger partial charge is 0.251 e. The molecule has 0 aliphatic carbocycles. The Balaban J connectivity index is 2.08. The van der Waals surface area contributed by atoms with Crippen molar-refractivity contribution in [3.63, 3.8) is 0 Å². The SMILES string of the molecule is CN1C(=O)C(NC(=O)Cc2ccccc2)C(C)(C)SC1=S. The first-order valence-electron chi connectivity index (χ1n) is 6.65. The monoisotopic (exact) mass is 322 g/mol. The van der Waals surface area contributed by atoms with Gasteiger partial charge in [0.15, 0.2) is 0 Å². The van der Waals surface area contributed by atoms with Crippen LogP contribution in [0, 0.1) is 0 Å². The number of nitrogens with zero attached hydrogens (tertiary/aromatic N) is 1. The van der Waals surface area contributed by atoms with Gasteiger partial charge in [0.05, 0.1) is 6.42 Å². The van der Waals surface area contributed by atoms with E-state index in [9.17, 15) is 9.59 Å². The highest BCUT2D eigenvalue weighted by Gasteiger charge is 2.45. The van der Waals surface area contributed by atoms with E-state index in [0.29, 0.717) is 4.32 Å². The molecule has 1 atom stereocenters. The zero-order valence-corrected chi connectivity index (χ0v) is 13.9. The third-order valence-electron chi connectivity index (χ3n) is 3.41. The van der Waals surface area contributed by atoms with Crippen LogP contribution in [0.15, 0.2) is 30.3 Å². The number of hydrogen-bond acceptors (Lipinski definition) is 4. The van der Waals surface area contributed by atoms with Gasteiger partial charge in [0, 0.05) is 11.8 Å². The molecule has 0 aromatic heterocycles. The van der Waals surface area contributed by atoms with E-state index in [4.69, 9.17) is 12.2 Å². The molecule has 1 fully saturated rings. The Kier molecular flexibility index (Phi) is 4.68. The number of hydrogen-bond donors (Lipinski definition) is 1. The second-order valence-corrected chi connectivity index (χ2v) is 7.82. The second-order valence-electron chi connectivity index (χ2n) is 5.53. The van der Waals surface area contributed by atoms with Crippen LogP contribution >= 0.6 is 24.0 Å². The highest BCUT2D eigenvalue weighted by molar-refractivity contribution is 8.24. The highest BCUT2D eigenvalue weighted by atomic mass is 32.2. The van der Waals surface area contributed by atoms with Gasteiger partial charge in [0.2, 0.25) is 5.91 Å². The van der Waals surface area contributed by atoms with E-state index in [1.54, 1.807) is 7.05 Å². The first-order valence-corrected chi connectivity index (χ1v) is 7.87. The first-order chi connectivity index (χ1) is 9.81. The Labute approximate surface area is 134 Å². The number of rotatable bonds is 3. The maximum absolute atomic E-state index is 12.3. The molecule has 1 heterocycles. The fraction of sp³-hybridized carbons (Fsp3) is 0.400. The fourth-order valence-corrected chi connectivity index (χ4v) is 3.85. The molecule has 6 heteroatoms. The Morgan fingerprint density at radius 3 is 2.62 bits per heavy atom. The molecule has 1 aromatic rings. The fourth-order valence-electron chi connectivity index (χ4n) is 2.16. The summed E-state index contributed by atoms with van der Waals surface area (Å²) in [6.45, 7) is 3.84. The van der Waals surface area contributed by atoms with Crippen LogP contribution in [-0.4, -0.2) is 38.9 Å². The summed E-state index contributed by atoms with van der Waals surface area (Å²) in [5, 5.41) is 2.85. The Hall–Kier alpha value is -1.40. The lowest BCUT2D eigenvalue weighted by atomic mass is 10.0. The maximum atomic E-state index is 12.3. The molecular weight excluding hydrogens is 304 g/mol. The summed E-state index contributed by atoms with van der Waals surface area (Å²) in [4.78, 5) is 26.0. The predicted octanol–water partition coefficient (Wildman–Crippen LogP) is 1.98. The Morgan fingerprint density at radius 2 is 2.00 bits per heavy atom. The van der Waals surface area contributed by atoms with E-state index in [0.717, 1.165) is 5.56 Å². The highest BCUT2D eigenvalue weighted by Crippen LogP contribution is 2.35. The molecule has 1 aromatic carbocycles. The third kappa shape index (κ3) is 3.63. The van der Waals surface area contributed by atoms with Crippen molar-refractivity contribution < 1.29 is 9.59 Å². The third-order valence-corrected chi connectivity index (χ3v) is 5.14. The van der Waals surface area contributed by atoms with Crippen molar-refractivity contribution in [3.05, 3.63) is 35.9 Å². The van der Waals surface area contributed by atoms with E-state index in [1.165, 1.54) is 16.7 Å². The van der Waals surface area contributed by atoms with Gasteiger partial charge >= 0.3 is 0 Å². The van der Waals surface area contributed by atoms with Crippen LogP contribution in [0.1, 0.15) is 19.4 Å². The molecular formula is C15H18N2O2S2. The lowest BCUT2D eigenvalue weighted by Gasteiger charge is -2.41. The number of carbonyl (C=O) groups is 2. The average molecular weight is 322 g/mol. The summed E-state index contributed by atoms with van der Waals surface area (Å²) < 4.78 is 0.0890. The Morgan fingerprint density at radius 1 is 1.38 bits per heavy atom. The molecule has 2 amide bonds. The maximum Gasteiger partial charge on any atom is 0.251 e. The Bertz CT molecular complexity index is 572. The molecule has 2 rings (SSSR count). The second kappa shape index (κ2) is 6.15. The van der Waals surface area contributed by atoms with Crippen LogP contribution in [0.4, 0.5) is 0 Å². The summed E-state index contributed by atoms with van der Waals surface area (Å²) in [6, 6.07) is 8.89. The quantitative estimate of drug-likeness (QED) is 0.865. The van der Waals surface area contributed by atoms with Gasteiger partial charge in [0.25, 0.3) is 5.91 Å². The topological polar surface area (TPSA) is 49.4 Å². The van der Waals surface area contributed by atoms with E-state index >= 15 is 0 Å². The molecule has 0 radical (unpaired) electrons. The number of thioether (sulfide) groups is 1.